The molecule has 2 aliphatic carbocycles. The molecule has 2 amide bonds. The molecule has 2 N–H and O–H groups in total. The van der Waals surface area contributed by atoms with Gasteiger partial charge in [0.1, 0.15) is 5.69 Å². The standard InChI is InChI=1S/C22H26FN7O3/c1-11(25-22(32)19-12(2)28-33-29-19)17-10-30-18(26-17)8-15(9-24-30)20(14-5-6-14)27-21(31)16(23)7-13-3-4-13/h8-11,13-14,16,20H,3-7H2,1-2H3,(H,25,32)(H,27,31)/t11-,16-,20+/m0/s1. The summed E-state index contributed by atoms with van der Waals surface area (Å²) in [6, 6.07) is 1.16. The van der Waals surface area contributed by atoms with Gasteiger partial charge < -0.3 is 10.6 Å². The predicted molar refractivity (Wildman–Crippen MR) is 114 cm³/mol. The number of imidazole rings is 1. The molecule has 33 heavy (non-hydrogen) atoms. The van der Waals surface area contributed by atoms with Crippen LogP contribution in [0.15, 0.2) is 23.1 Å². The Kier molecular flexibility index (Phi) is 5.55. The molecular formula is C22H26FN7O3. The van der Waals surface area contributed by atoms with Crippen molar-refractivity contribution < 1.29 is 18.6 Å². The zero-order valence-electron chi connectivity index (χ0n) is 18.5. The second-order valence-corrected chi connectivity index (χ2v) is 9.12. The third-order valence-corrected chi connectivity index (χ3v) is 6.29. The normalized spacial score (nSPS) is 18.6. The van der Waals surface area contributed by atoms with Crippen molar-refractivity contribution in [2.45, 2.75) is 64.2 Å². The number of nitrogens with one attached hydrogen (secondary N) is 2. The molecule has 0 unspecified atom stereocenters. The fourth-order valence-corrected chi connectivity index (χ4v) is 3.96. The van der Waals surface area contributed by atoms with E-state index in [1.54, 1.807) is 30.8 Å². The van der Waals surface area contributed by atoms with E-state index < -0.39 is 24.0 Å². The Morgan fingerprint density at radius 2 is 2.03 bits per heavy atom. The van der Waals surface area contributed by atoms with Gasteiger partial charge >= 0.3 is 0 Å². The van der Waals surface area contributed by atoms with Gasteiger partial charge in [0, 0.05) is 0 Å². The van der Waals surface area contributed by atoms with Crippen LogP contribution in [0.1, 0.15) is 78.6 Å². The summed E-state index contributed by atoms with van der Waals surface area (Å²) in [6.07, 6.45) is 6.23. The molecule has 3 heterocycles. The molecule has 2 aliphatic rings. The summed E-state index contributed by atoms with van der Waals surface area (Å²) < 4.78 is 20.5. The van der Waals surface area contributed by atoms with E-state index in [-0.39, 0.29) is 17.7 Å². The molecule has 174 valence electrons. The van der Waals surface area contributed by atoms with Crippen LogP contribution >= 0.6 is 0 Å². The number of rotatable bonds is 9. The van der Waals surface area contributed by atoms with Crippen molar-refractivity contribution in [1.29, 1.82) is 0 Å². The van der Waals surface area contributed by atoms with Crippen molar-refractivity contribution in [3.05, 3.63) is 41.1 Å². The minimum absolute atomic E-state index is 0.127. The monoisotopic (exact) mass is 455 g/mol. The van der Waals surface area contributed by atoms with E-state index in [1.807, 2.05) is 6.07 Å². The Morgan fingerprint density at radius 3 is 2.70 bits per heavy atom. The third kappa shape index (κ3) is 4.71. The van der Waals surface area contributed by atoms with Crippen LogP contribution in [0.4, 0.5) is 4.39 Å². The van der Waals surface area contributed by atoms with Gasteiger partial charge in [0.05, 0.1) is 30.2 Å². The zero-order valence-corrected chi connectivity index (χ0v) is 18.5. The smallest absolute Gasteiger partial charge is 0.276 e. The lowest BCUT2D eigenvalue weighted by Gasteiger charge is -2.20. The van der Waals surface area contributed by atoms with Gasteiger partial charge in [-0.2, -0.15) is 5.10 Å². The maximum absolute atomic E-state index is 14.3. The molecule has 0 radical (unpaired) electrons. The predicted octanol–water partition coefficient (Wildman–Crippen LogP) is 2.62. The van der Waals surface area contributed by atoms with Gasteiger partial charge in [0.15, 0.2) is 17.5 Å². The number of hydrogen-bond donors (Lipinski definition) is 2. The van der Waals surface area contributed by atoms with Crippen molar-refractivity contribution in [2.24, 2.45) is 11.8 Å². The fourth-order valence-electron chi connectivity index (χ4n) is 3.96. The molecular weight excluding hydrogens is 429 g/mol. The average Bonchev–Trinajstić information content (AvgIpc) is 3.71. The summed E-state index contributed by atoms with van der Waals surface area (Å²) in [4.78, 5) is 29.4. The lowest BCUT2D eigenvalue weighted by Crippen LogP contribution is -2.36. The third-order valence-electron chi connectivity index (χ3n) is 6.29. The number of aromatic nitrogens is 5. The fraction of sp³-hybridized carbons (Fsp3) is 0.545. The van der Waals surface area contributed by atoms with E-state index in [0.29, 0.717) is 29.4 Å². The highest BCUT2D eigenvalue weighted by atomic mass is 19.1. The lowest BCUT2D eigenvalue weighted by molar-refractivity contribution is -0.127. The van der Waals surface area contributed by atoms with Crippen LogP contribution in [0.5, 0.6) is 0 Å². The Labute approximate surface area is 189 Å². The van der Waals surface area contributed by atoms with Gasteiger partial charge in [0.2, 0.25) is 0 Å². The van der Waals surface area contributed by atoms with Gasteiger partial charge in [-0.15, -0.1) is 0 Å². The van der Waals surface area contributed by atoms with Crippen LogP contribution in [-0.4, -0.2) is 42.9 Å². The Morgan fingerprint density at radius 1 is 1.24 bits per heavy atom. The quantitative estimate of drug-likeness (QED) is 0.508. The molecule has 11 heteroatoms. The number of carbonyl (C=O) groups excluding carboxylic acids is 2. The number of nitrogens with zero attached hydrogens (tertiary/aromatic N) is 5. The molecule has 0 aliphatic heterocycles. The van der Waals surface area contributed by atoms with Crippen LogP contribution in [-0.2, 0) is 4.79 Å². The first-order valence-electron chi connectivity index (χ1n) is 11.3. The molecule has 3 aromatic heterocycles. The zero-order chi connectivity index (χ0) is 23.1. The van der Waals surface area contributed by atoms with E-state index in [0.717, 1.165) is 31.2 Å². The molecule has 3 atom stereocenters. The van der Waals surface area contributed by atoms with Crippen LogP contribution in [0.2, 0.25) is 0 Å². The summed E-state index contributed by atoms with van der Waals surface area (Å²) in [7, 11) is 0. The molecule has 0 spiro atoms. The van der Waals surface area contributed by atoms with Gasteiger partial charge in [-0.1, -0.05) is 18.0 Å². The van der Waals surface area contributed by atoms with Crippen LogP contribution in [0.25, 0.3) is 5.65 Å². The summed E-state index contributed by atoms with van der Waals surface area (Å²) in [5.41, 5.74) is 2.53. The Bertz CT molecular complexity index is 1180. The second kappa shape index (κ2) is 8.53. The molecule has 0 bridgehead atoms. The maximum atomic E-state index is 14.3. The maximum Gasteiger partial charge on any atom is 0.276 e. The van der Waals surface area contributed by atoms with Crippen molar-refractivity contribution in [1.82, 2.24) is 35.5 Å². The summed E-state index contributed by atoms with van der Waals surface area (Å²) >= 11 is 0. The first-order valence-corrected chi connectivity index (χ1v) is 11.3. The highest BCUT2D eigenvalue weighted by molar-refractivity contribution is 5.93. The average molecular weight is 455 g/mol. The van der Waals surface area contributed by atoms with Crippen molar-refractivity contribution in [2.75, 3.05) is 0 Å². The molecule has 2 fully saturated rings. The minimum Gasteiger partial charge on any atom is -0.346 e. The number of aryl methyl sites for hydroxylation is 1. The molecule has 5 rings (SSSR count). The van der Waals surface area contributed by atoms with Crippen molar-refractivity contribution in [3.63, 3.8) is 0 Å². The van der Waals surface area contributed by atoms with E-state index in [9.17, 15) is 14.0 Å². The van der Waals surface area contributed by atoms with Crippen LogP contribution in [0, 0.1) is 18.8 Å². The van der Waals surface area contributed by atoms with Crippen LogP contribution < -0.4 is 10.6 Å². The number of amides is 2. The summed E-state index contributed by atoms with van der Waals surface area (Å²) in [5, 5.41) is 17.4. The topological polar surface area (TPSA) is 127 Å². The first-order chi connectivity index (χ1) is 15.9. The summed E-state index contributed by atoms with van der Waals surface area (Å²) in [5.74, 6) is -0.330. The number of alkyl halides is 1. The van der Waals surface area contributed by atoms with E-state index in [2.05, 4.69) is 35.7 Å². The number of fused-ring (bicyclic) bond motifs is 1. The van der Waals surface area contributed by atoms with E-state index in [4.69, 9.17) is 0 Å². The largest absolute Gasteiger partial charge is 0.346 e. The van der Waals surface area contributed by atoms with Gasteiger partial charge in [-0.3, -0.25) is 9.59 Å². The highest BCUT2D eigenvalue weighted by Crippen LogP contribution is 2.41. The van der Waals surface area contributed by atoms with Crippen molar-refractivity contribution >= 4 is 17.5 Å². The highest BCUT2D eigenvalue weighted by Gasteiger charge is 2.36. The molecule has 0 saturated heterocycles. The first kappa shape index (κ1) is 21.5. The Hall–Kier alpha value is -3.37. The Balaban J connectivity index is 1.30. The van der Waals surface area contributed by atoms with E-state index in [1.165, 1.54) is 0 Å². The van der Waals surface area contributed by atoms with Gasteiger partial charge in [0.25, 0.3) is 11.8 Å². The van der Waals surface area contributed by atoms with Gasteiger partial charge in [-0.05, 0) is 61.7 Å². The summed E-state index contributed by atoms with van der Waals surface area (Å²) in [6.45, 7) is 3.44. The SMILES string of the molecule is Cc1nonc1C(=O)N[C@@H](C)c1cn2ncc([C@H](NC(=O)[C@@H](F)CC3CC3)C3CC3)cc2n1. The van der Waals surface area contributed by atoms with Crippen LogP contribution in [0.3, 0.4) is 0 Å². The molecule has 2 saturated carbocycles. The lowest BCUT2D eigenvalue weighted by atomic mass is 10.0. The molecule has 3 aromatic rings. The van der Waals surface area contributed by atoms with Gasteiger partial charge in [-0.25, -0.2) is 18.5 Å². The minimum atomic E-state index is -1.47. The number of carbonyl (C=O) groups is 2. The van der Waals surface area contributed by atoms with E-state index >= 15 is 0 Å². The molecule has 0 aromatic carbocycles. The number of hydrogen-bond acceptors (Lipinski definition) is 7. The number of halogens is 1. The second-order valence-electron chi connectivity index (χ2n) is 9.12. The molecule has 10 nitrogen and oxygen atoms in total. The van der Waals surface area contributed by atoms with Crippen molar-refractivity contribution in [3.8, 4) is 0 Å².